The average molecular weight is 364 g/mol. The van der Waals surface area contributed by atoms with Crippen molar-refractivity contribution in [3.8, 4) is 0 Å². The number of hydrogen-bond acceptors (Lipinski definition) is 6. The Morgan fingerprint density at radius 3 is 2.79 bits per heavy atom. The lowest BCUT2D eigenvalue weighted by molar-refractivity contribution is -0.124. The van der Waals surface area contributed by atoms with Crippen molar-refractivity contribution in [1.82, 2.24) is 5.32 Å². The second-order valence-electron chi connectivity index (χ2n) is 4.85. The molecule has 0 aliphatic rings. The molecule has 128 valence electrons. The quantitative estimate of drug-likeness (QED) is 0.529. The minimum absolute atomic E-state index is 0.271. The highest BCUT2D eigenvalue weighted by molar-refractivity contribution is 7.98. The molecule has 0 radical (unpaired) electrons. The summed E-state index contributed by atoms with van der Waals surface area (Å²) in [6.45, 7) is 0.284. The van der Waals surface area contributed by atoms with E-state index in [0.717, 1.165) is 11.5 Å². The lowest BCUT2D eigenvalue weighted by atomic mass is 10.2. The molecule has 0 saturated carbocycles. The van der Waals surface area contributed by atoms with Crippen LogP contribution in [0.3, 0.4) is 0 Å². The Labute approximate surface area is 149 Å². The summed E-state index contributed by atoms with van der Waals surface area (Å²) in [6, 6.07) is 11.1. The molecule has 0 bridgehead atoms. The first-order valence-corrected chi connectivity index (χ1v) is 9.55. The minimum Gasteiger partial charge on any atom is -0.452 e. The molecular weight excluding hydrogens is 344 g/mol. The summed E-state index contributed by atoms with van der Waals surface area (Å²) in [4.78, 5) is 25.0. The zero-order valence-corrected chi connectivity index (χ0v) is 15.0. The SMILES string of the molecule is CNc1ccccc1C(=O)OCC(=O)NCCSCc1cccs1. The van der Waals surface area contributed by atoms with Crippen molar-refractivity contribution < 1.29 is 14.3 Å². The number of thiophene rings is 1. The summed E-state index contributed by atoms with van der Waals surface area (Å²) < 4.78 is 5.05. The molecule has 0 fully saturated rings. The Bertz CT molecular complexity index is 660. The maximum Gasteiger partial charge on any atom is 0.340 e. The lowest BCUT2D eigenvalue weighted by Gasteiger charge is -2.09. The molecule has 0 aliphatic heterocycles. The first-order chi connectivity index (χ1) is 11.7. The first-order valence-electron chi connectivity index (χ1n) is 7.51. The Kier molecular flexibility index (Phi) is 7.64. The summed E-state index contributed by atoms with van der Waals surface area (Å²) in [7, 11) is 1.73. The van der Waals surface area contributed by atoms with Gasteiger partial charge in [-0.1, -0.05) is 18.2 Å². The van der Waals surface area contributed by atoms with E-state index in [2.05, 4.69) is 22.1 Å². The van der Waals surface area contributed by atoms with Crippen LogP contribution in [0.1, 0.15) is 15.2 Å². The number of benzene rings is 1. The molecular formula is C17H20N2O3S2. The van der Waals surface area contributed by atoms with Crippen molar-refractivity contribution in [2.24, 2.45) is 0 Å². The van der Waals surface area contributed by atoms with Crippen LogP contribution in [0.4, 0.5) is 5.69 Å². The number of rotatable bonds is 9. The van der Waals surface area contributed by atoms with Crippen molar-refractivity contribution in [2.75, 3.05) is 31.3 Å². The van der Waals surface area contributed by atoms with E-state index in [1.165, 1.54) is 4.88 Å². The number of thioether (sulfide) groups is 1. The van der Waals surface area contributed by atoms with Gasteiger partial charge in [0.1, 0.15) is 0 Å². The Balaban J connectivity index is 1.63. The predicted octanol–water partition coefficient (Wildman–Crippen LogP) is 3.00. The molecule has 5 nitrogen and oxygen atoms in total. The van der Waals surface area contributed by atoms with E-state index in [0.29, 0.717) is 17.8 Å². The van der Waals surface area contributed by atoms with E-state index in [1.807, 2.05) is 12.1 Å². The van der Waals surface area contributed by atoms with Gasteiger partial charge in [0.25, 0.3) is 5.91 Å². The second-order valence-corrected chi connectivity index (χ2v) is 6.99. The van der Waals surface area contributed by atoms with Crippen LogP contribution in [0.25, 0.3) is 0 Å². The van der Waals surface area contributed by atoms with Gasteiger partial charge in [0.05, 0.1) is 5.56 Å². The van der Waals surface area contributed by atoms with Crippen LogP contribution in [0.5, 0.6) is 0 Å². The molecule has 2 rings (SSSR count). The molecule has 1 aromatic carbocycles. The van der Waals surface area contributed by atoms with Gasteiger partial charge in [0, 0.05) is 35.7 Å². The van der Waals surface area contributed by atoms with Crippen LogP contribution in [0, 0.1) is 0 Å². The molecule has 1 heterocycles. The van der Waals surface area contributed by atoms with Gasteiger partial charge in [0.15, 0.2) is 6.61 Å². The monoisotopic (exact) mass is 364 g/mol. The zero-order valence-electron chi connectivity index (χ0n) is 13.4. The number of para-hydroxylation sites is 1. The van der Waals surface area contributed by atoms with Crippen molar-refractivity contribution in [3.05, 3.63) is 52.2 Å². The highest BCUT2D eigenvalue weighted by atomic mass is 32.2. The van der Waals surface area contributed by atoms with Gasteiger partial charge in [-0.25, -0.2) is 4.79 Å². The number of nitrogens with one attached hydrogen (secondary N) is 2. The molecule has 1 amide bonds. The van der Waals surface area contributed by atoms with E-state index >= 15 is 0 Å². The van der Waals surface area contributed by atoms with Crippen molar-refractivity contribution in [3.63, 3.8) is 0 Å². The topological polar surface area (TPSA) is 67.4 Å². The second kappa shape index (κ2) is 10.00. The van der Waals surface area contributed by atoms with E-state index in [4.69, 9.17) is 4.74 Å². The number of hydrogen-bond donors (Lipinski definition) is 2. The lowest BCUT2D eigenvalue weighted by Crippen LogP contribution is -2.30. The van der Waals surface area contributed by atoms with E-state index in [9.17, 15) is 9.59 Å². The first kappa shape index (κ1) is 18.4. The summed E-state index contributed by atoms with van der Waals surface area (Å²) in [6.07, 6.45) is 0. The summed E-state index contributed by atoms with van der Waals surface area (Å²) >= 11 is 3.49. The molecule has 2 aromatic rings. The fourth-order valence-corrected chi connectivity index (χ4v) is 3.67. The maximum atomic E-state index is 12.0. The van der Waals surface area contributed by atoms with E-state index in [1.54, 1.807) is 48.3 Å². The third-order valence-electron chi connectivity index (χ3n) is 3.14. The molecule has 0 atom stereocenters. The smallest absolute Gasteiger partial charge is 0.340 e. The fraction of sp³-hybridized carbons (Fsp3) is 0.294. The maximum absolute atomic E-state index is 12.0. The molecule has 0 unspecified atom stereocenters. The molecule has 7 heteroatoms. The van der Waals surface area contributed by atoms with Crippen LogP contribution >= 0.6 is 23.1 Å². The Hall–Kier alpha value is -1.99. The van der Waals surface area contributed by atoms with Gasteiger partial charge < -0.3 is 15.4 Å². The average Bonchev–Trinajstić information content (AvgIpc) is 3.12. The van der Waals surface area contributed by atoms with Gasteiger partial charge >= 0.3 is 5.97 Å². The van der Waals surface area contributed by atoms with Gasteiger partial charge in [0.2, 0.25) is 0 Å². The van der Waals surface area contributed by atoms with Crippen LogP contribution in [-0.4, -0.2) is 37.8 Å². The van der Waals surface area contributed by atoms with Crippen LogP contribution < -0.4 is 10.6 Å². The molecule has 2 N–H and O–H groups in total. The van der Waals surface area contributed by atoms with E-state index < -0.39 is 5.97 Å². The third-order valence-corrected chi connectivity index (χ3v) is 5.21. The largest absolute Gasteiger partial charge is 0.452 e. The molecule has 24 heavy (non-hydrogen) atoms. The highest BCUT2D eigenvalue weighted by Gasteiger charge is 2.13. The van der Waals surface area contributed by atoms with Gasteiger partial charge in [-0.2, -0.15) is 11.8 Å². The predicted molar refractivity (Wildman–Crippen MR) is 99.8 cm³/mol. The number of carbonyl (C=O) groups is 2. The zero-order chi connectivity index (χ0) is 17.2. The van der Waals surface area contributed by atoms with Crippen LogP contribution in [0.2, 0.25) is 0 Å². The van der Waals surface area contributed by atoms with Crippen molar-refractivity contribution >= 4 is 40.7 Å². The van der Waals surface area contributed by atoms with Crippen molar-refractivity contribution in [2.45, 2.75) is 5.75 Å². The minimum atomic E-state index is -0.512. The number of esters is 1. The Morgan fingerprint density at radius 1 is 1.21 bits per heavy atom. The highest BCUT2D eigenvalue weighted by Crippen LogP contribution is 2.16. The third kappa shape index (κ3) is 5.90. The normalized spacial score (nSPS) is 10.2. The number of amides is 1. The number of ether oxygens (including phenoxy) is 1. The van der Waals surface area contributed by atoms with Gasteiger partial charge in [-0.3, -0.25) is 4.79 Å². The van der Waals surface area contributed by atoms with Gasteiger partial charge in [-0.15, -0.1) is 11.3 Å². The molecule has 1 aromatic heterocycles. The van der Waals surface area contributed by atoms with E-state index in [-0.39, 0.29) is 12.5 Å². The standard InChI is InChI=1S/C17H20N2O3S2/c1-18-15-7-3-2-6-14(15)17(21)22-11-16(20)19-8-10-23-12-13-5-4-9-24-13/h2-7,9,18H,8,10-12H2,1H3,(H,19,20). The Morgan fingerprint density at radius 2 is 2.04 bits per heavy atom. The van der Waals surface area contributed by atoms with Gasteiger partial charge in [-0.05, 0) is 23.6 Å². The summed E-state index contributed by atoms with van der Waals surface area (Å²) in [5.41, 5.74) is 1.09. The summed E-state index contributed by atoms with van der Waals surface area (Å²) in [5.74, 6) is 0.966. The molecule has 0 aliphatic carbocycles. The van der Waals surface area contributed by atoms with Crippen molar-refractivity contribution in [1.29, 1.82) is 0 Å². The van der Waals surface area contributed by atoms with Crippen LogP contribution in [-0.2, 0) is 15.3 Å². The number of carbonyl (C=O) groups excluding carboxylic acids is 2. The molecule has 0 saturated heterocycles. The number of anilines is 1. The summed E-state index contributed by atoms with van der Waals surface area (Å²) in [5, 5.41) is 7.72. The fourth-order valence-electron chi connectivity index (χ4n) is 1.97. The molecule has 0 spiro atoms. The van der Waals surface area contributed by atoms with Crippen LogP contribution in [0.15, 0.2) is 41.8 Å².